The third kappa shape index (κ3) is 2.91. The number of benzene rings is 2. The zero-order valence-corrected chi connectivity index (χ0v) is 14.6. The highest BCUT2D eigenvalue weighted by Gasteiger charge is 2.30. The zero-order chi connectivity index (χ0) is 17.5. The van der Waals surface area contributed by atoms with E-state index >= 15 is 0 Å². The molecule has 2 aromatic carbocycles. The first-order valence-corrected chi connectivity index (χ1v) is 8.10. The number of hydrogen-bond donors (Lipinski definition) is 1. The van der Waals surface area contributed by atoms with E-state index in [0.717, 1.165) is 11.0 Å². The third-order valence-electron chi connectivity index (χ3n) is 3.89. The normalized spacial score (nSPS) is 11.9. The number of halogens is 2. The van der Waals surface area contributed by atoms with Crippen LogP contribution >= 0.6 is 11.6 Å². The molecule has 0 bridgehead atoms. The molecule has 3 rings (SSSR count). The fourth-order valence-electron chi connectivity index (χ4n) is 2.80. The van der Waals surface area contributed by atoms with Crippen molar-refractivity contribution in [2.24, 2.45) is 0 Å². The highest BCUT2D eigenvalue weighted by Crippen LogP contribution is 2.32. The SMILES string of the molecule is CCn1c(C(C)(C)Oc2ccc(N)cc2F)nc2cc(Cl)ccc21. The van der Waals surface area contributed by atoms with Gasteiger partial charge in [0.2, 0.25) is 0 Å². The molecule has 0 aliphatic heterocycles. The Labute approximate surface area is 145 Å². The molecule has 0 unspecified atom stereocenters. The summed E-state index contributed by atoms with van der Waals surface area (Å²) in [6.45, 7) is 6.46. The van der Waals surface area contributed by atoms with E-state index in [0.29, 0.717) is 23.1 Å². The van der Waals surface area contributed by atoms with Crippen LogP contribution in [0.25, 0.3) is 11.0 Å². The molecule has 0 fully saturated rings. The molecular formula is C18H19ClFN3O. The predicted molar refractivity (Wildman–Crippen MR) is 94.9 cm³/mol. The fraction of sp³-hybridized carbons (Fsp3) is 0.278. The van der Waals surface area contributed by atoms with Gasteiger partial charge in [-0.2, -0.15) is 0 Å². The van der Waals surface area contributed by atoms with Crippen molar-refractivity contribution in [3.05, 3.63) is 53.1 Å². The topological polar surface area (TPSA) is 53.1 Å². The number of hydrogen-bond acceptors (Lipinski definition) is 3. The predicted octanol–water partition coefficient (Wildman–Crippen LogP) is 4.75. The van der Waals surface area contributed by atoms with Gasteiger partial charge in [0.1, 0.15) is 0 Å². The van der Waals surface area contributed by atoms with Gasteiger partial charge in [-0.05, 0) is 51.1 Å². The molecule has 0 aliphatic rings. The summed E-state index contributed by atoms with van der Waals surface area (Å²) in [5.74, 6) is 0.353. The van der Waals surface area contributed by atoms with Crippen molar-refractivity contribution in [3.63, 3.8) is 0 Å². The van der Waals surface area contributed by atoms with Crippen LogP contribution in [0.3, 0.4) is 0 Å². The Morgan fingerprint density at radius 1 is 1.25 bits per heavy atom. The maximum Gasteiger partial charge on any atom is 0.167 e. The number of rotatable bonds is 4. The lowest BCUT2D eigenvalue weighted by Gasteiger charge is -2.27. The standard InChI is InChI=1S/C18H19ClFN3O/c1-4-23-15-7-5-11(19)9-14(15)22-17(23)18(2,3)24-16-8-6-12(21)10-13(16)20/h5-10H,4,21H2,1-3H3. The van der Waals surface area contributed by atoms with Gasteiger partial charge in [-0.1, -0.05) is 11.6 Å². The quantitative estimate of drug-likeness (QED) is 0.693. The molecule has 126 valence electrons. The van der Waals surface area contributed by atoms with E-state index in [-0.39, 0.29) is 5.75 Å². The number of nitrogen functional groups attached to an aromatic ring is 1. The van der Waals surface area contributed by atoms with Crippen LogP contribution in [0.5, 0.6) is 5.75 Å². The minimum absolute atomic E-state index is 0.141. The molecule has 6 heteroatoms. The largest absolute Gasteiger partial charge is 0.477 e. The van der Waals surface area contributed by atoms with Crippen LogP contribution in [0, 0.1) is 5.82 Å². The number of anilines is 1. The lowest BCUT2D eigenvalue weighted by atomic mass is 10.1. The Kier molecular flexibility index (Phi) is 4.13. The van der Waals surface area contributed by atoms with Gasteiger partial charge in [-0.15, -0.1) is 0 Å². The smallest absolute Gasteiger partial charge is 0.167 e. The highest BCUT2D eigenvalue weighted by molar-refractivity contribution is 6.31. The van der Waals surface area contributed by atoms with Crippen molar-refractivity contribution >= 4 is 28.3 Å². The average molecular weight is 348 g/mol. The van der Waals surface area contributed by atoms with E-state index in [2.05, 4.69) is 4.98 Å². The molecular weight excluding hydrogens is 329 g/mol. The molecule has 0 spiro atoms. The van der Waals surface area contributed by atoms with E-state index in [1.807, 2.05) is 43.5 Å². The molecule has 0 atom stereocenters. The number of nitrogens with two attached hydrogens (primary N) is 1. The monoisotopic (exact) mass is 347 g/mol. The van der Waals surface area contributed by atoms with E-state index in [4.69, 9.17) is 22.1 Å². The summed E-state index contributed by atoms with van der Waals surface area (Å²) in [4.78, 5) is 4.67. The van der Waals surface area contributed by atoms with Crippen LogP contribution in [-0.2, 0) is 12.1 Å². The second-order valence-corrected chi connectivity index (χ2v) is 6.55. The molecule has 4 nitrogen and oxygen atoms in total. The minimum atomic E-state index is -0.835. The summed E-state index contributed by atoms with van der Waals surface area (Å²) in [6, 6.07) is 9.95. The van der Waals surface area contributed by atoms with Crippen LogP contribution in [0.15, 0.2) is 36.4 Å². The van der Waals surface area contributed by atoms with Crippen molar-refractivity contribution in [3.8, 4) is 5.75 Å². The summed E-state index contributed by atoms with van der Waals surface area (Å²) in [5.41, 5.74) is 6.86. The second-order valence-electron chi connectivity index (χ2n) is 6.11. The van der Waals surface area contributed by atoms with E-state index in [1.54, 1.807) is 6.07 Å². The van der Waals surface area contributed by atoms with Gasteiger partial charge in [0, 0.05) is 23.3 Å². The van der Waals surface area contributed by atoms with Crippen molar-refractivity contribution in [1.82, 2.24) is 9.55 Å². The summed E-state index contributed by atoms with van der Waals surface area (Å²) in [7, 11) is 0. The van der Waals surface area contributed by atoms with Crippen molar-refractivity contribution < 1.29 is 9.13 Å². The summed E-state index contributed by atoms with van der Waals surface area (Å²) < 4.78 is 22.1. The van der Waals surface area contributed by atoms with Gasteiger partial charge < -0.3 is 15.0 Å². The minimum Gasteiger partial charge on any atom is -0.477 e. The average Bonchev–Trinajstić information content (AvgIpc) is 2.88. The first-order valence-electron chi connectivity index (χ1n) is 7.72. The number of aromatic nitrogens is 2. The maximum absolute atomic E-state index is 14.1. The summed E-state index contributed by atoms with van der Waals surface area (Å²) in [5, 5.41) is 0.623. The first-order chi connectivity index (χ1) is 11.3. The molecule has 0 amide bonds. The molecule has 3 aromatic rings. The molecule has 1 heterocycles. The van der Waals surface area contributed by atoms with Crippen LogP contribution in [0.2, 0.25) is 5.02 Å². The number of nitrogens with zero attached hydrogens (tertiary/aromatic N) is 2. The van der Waals surface area contributed by atoms with Crippen LogP contribution < -0.4 is 10.5 Å². The van der Waals surface area contributed by atoms with Crippen LogP contribution in [0.1, 0.15) is 26.6 Å². The van der Waals surface area contributed by atoms with Crippen LogP contribution in [-0.4, -0.2) is 9.55 Å². The number of aryl methyl sites for hydroxylation is 1. The van der Waals surface area contributed by atoms with Crippen molar-refractivity contribution in [1.29, 1.82) is 0 Å². The van der Waals surface area contributed by atoms with Gasteiger partial charge in [0.15, 0.2) is 23.0 Å². The Morgan fingerprint density at radius 2 is 2.00 bits per heavy atom. The van der Waals surface area contributed by atoms with Crippen LogP contribution in [0.4, 0.5) is 10.1 Å². The Balaban J connectivity index is 2.07. The number of ether oxygens (including phenoxy) is 1. The van der Waals surface area contributed by atoms with Gasteiger partial charge >= 0.3 is 0 Å². The Hall–Kier alpha value is -2.27. The van der Waals surface area contributed by atoms with Gasteiger partial charge in [-0.25, -0.2) is 9.37 Å². The number of imidazole rings is 1. The van der Waals surface area contributed by atoms with Crippen molar-refractivity contribution in [2.75, 3.05) is 5.73 Å². The lowest BCUT2D eigenvalue weighted by molar-refractivity contribution is 0.0894. The van der Waals surface area contributed by atoms with Gasteiger partial charge in [0.05, 0.1) is 11.0 Å². The fourth-order valence-corrected chi connectivity index (χ4v) is 2.97. The second kappa shape index (κ2) is 5.98. The molecule has 0 saturated carbocycles. The molecule has 0 aliphatic carbocycles. The molecule has 0 radical (unpaired) electrons. The van der Waals surface area contributed by atoms with Gasteiger partial charge in [-0.3, -0.25) is 0 Å². The zero-order valence-electron chi connectivity index (χ0n) is 13.8. The molecule has 0 saturated heterocycles. The lowest BCUT2D eigenvalue weighted by Crippen LogP contribution is -2.30. The number of fused-ring (bicyclic) bond motifs is 1. The Bertz CT molecular complexity index is 905. The van der Waals surface area contributed by atoms with E-state index < -0.39 is 11.4 Å². The molecule has 2 N–H and O–H groups in total. The molecule has 1 aromatic heterocycles. The van der Waals surface area contributed by atoms with E-state index in [1.165, 1.54) is 12.1 Å². The summed E-state index contributed by atoms with van der Waals surface area (Å²) in [6.07, 6.45) is 0. The first kappa shape index (κ1) is 16.6. The van der Waals surface area contributed by atoms with Crippen molar-refractivity contribution in [2.45, 2.75) is 32.9 Å². The highest BCUT2D eigenvalue weighted by atomic mass is 35.5. The third-order valence-corrected chi connectivity index (χ3v) is 4.12. The van der Waals surface area contributed by atoms with Gasteiger partial charge in [0.25, 0.3) is 0 Å². The molecule has 24 heavy (non-hydrogen) atoms. The maximum atomic E-state index is 14.1. The van der Waals surface area contributed by atoms with E-state index in [9.17, 15) is 4.39 Å². The Morgan fingerprint density at radius 3 is 2.67 bits per heavy atom. The summed E-state index contributed by atoms with van der Waals surface area (Å²) >= 11 is 6.06.